The fourth-order valence-corrected chi connectivity index (χ4v) is 6.82. The average Bonchev–Trinajstić information content (AvgIpc) is 3.63. The van der Waals surface area contributed by atoms with E-state index in [0.29, 0.717) is 23.5 Å². The first-order chi connectivity index (χ1) is 17.3. The molecule has 2 aromatic heterocycles. The van der Waals surface area contributed by atoms with Gasteiger partial charge in [0.2, 0.25) is 5.28 Å². The molecule has 1 aliphatic carbocycles. The van der Waals surface area contributed by atoms with Gasteiger partial charge in [0.25, 0.3) is 0 Å². The van der Waals surface area contributed by atoms with Crippen LogP contribution in [-0.2, 0) is 19.6 Å². The summed E-state index contributed by atoms with van der Waals surface area (Å²) >= 11 is 6.46. The highest BCUT2D eigenvalue weighted by atomic mass is 35.5. The van der Waals surface area contributed by atoms with Gasteiger partial charge in [0.05, 0.1) is 12.9 Å². The fourth-order valence-electron chi connectivity index (χ4n) is 6.66. The first kappa shape index (κ1) is 22.8. The maximum Gasteiger partial charge on any atom is 0.226 e. The lowest BCUT2D eigenvalue weighted by Crippen LogP contribution is -2.31. The van der Waals surface area contributed by atoms with E-state index < -0.39 is 30.3 Å². The molecule has 0 bridgehead atoms. The van der Waals surface area contributed by atoms with Crippen molar-refractivity contribution in [3.8, 4) is 0 Å². The van der Waals surface area contributed by atoms with Crippen molar-refractivity contribution in [1.82, 2.24) is 19.5 Å². The summed E-state index contributed by atoms with van der Waals surface area (Å²) in [5, 5.41) is 9.95. The van der Waals surface area contributed by atoms with Crippen molar-refractivity contribution in [3.63, 3.8) is 0 Å². The lowest BCUT2D eigenvalue weighted by molar-refractivity contribution is -0.199. The maximum absolute atomic E-state index is 15.2. The third-order valence-corrected chi connectivity index (χ3v) is 8.21. The van der Waals surface area contributed by atoms with Gasteiger partial charge in [-0.15, -0.1) is 0 Å². The van der Waals surface area contributed by atoms with Crippen molar-refractivity contribution in [1.29, 1.82) is 0 Å². The molecule has 9 nitrogen and oxygen atoms in total. The SMILES string of the molecule is CC1(C)OC2[C@@H](CO)O[C@@H](n3cnc4c(N5CC6(CCCC6)c6c(F)cccc65)nc(Cl)nc43)[C@H]2O1. The molecule has 7 rings (SSSR count). The number of aliphatic hydroxyl groups excluding tert-OH is 1. The normalized spacial score (nSPS) is 30.0. The molecule has 1 N–H and O–H groups in total. The number of aromatic nitrogens is 4. The van der Waals surface area contributed by atoms with Gasteiger partial charge in [-0.25, -0.2) is 9.37 Å². The Kier molecular flexibility index (Phi) is 4.95. The highest BCUT2D eigenvalue weighted by Crippen LogP contribution is 2.54. The number of aliphatic hydroxyl groups is 1. The minimum Gasteiger partial charge on any atom is -0.394 e. The Hall–Kier alpha value is -2.37. The van der Waals surface area contributed by atoms with E-state index in [0.717, 1.165) is 36.9 Å². The van der Waals surface area contributed by atoms with Crippen molar-refractivity contribution in [2.45, 2.75) is 75.3 Å². The predicted octanol–water partition coefficient (Wildman–Crippen LogP) is 3.99. The number of imidazole rings is 1. The molecule has 0 radical (unpaired) electrons. The molecule has 1 saturated carbocycles. The van der Waals surface area contributed by atoms with Gasteiger partial charge in [-0.05, 0) is 50.4 Å². The van der Waals surface area contributed by atoms with Gasteiger partial charge in [0.15, 0.2) is 29.0 Å². The molecule has 4 atom stereocenters. The number of hydrogen-bond acceptors (Lipinski definition) is 8. The Labute approximate surface area is 212 Å². The Morgan fingerprint density at radius 1 is 1.17 bits per heavy atom. The third kappa shape index (κ3) is 3.18. The van der Waals surface area contributed by atoms with E-state index in [1.165, 1.54) is 6.07 Å². The summed E-state index contributed by atoms with van der Waals surface area (Å²) in [4.78, 5) is 15.8. The number of nitrogens with zero attached hydrogens (tertiary/aromatic N) is 5. The molecule has 190 valence electrons. The first-order valence-electron chi connectivity index (χ1n) is 12.4. The highest BCUT2D eigenvalue weighted by molar-refractivity contribution is 6.28. The van der Waals surface area contributed by atoms with Gasteiger partial charge < -0.3 is 24.2 Å². The van der Waals surface area contributed by atoms with E-state index in [2.05, 4.69) is 15.0 Å². The summed E-state index contributed by atoms with van der Waals surface area (Å²) < 4.78 is 35.2. The monoisotopic (exact) mass is 515 g/mol. The van der Waals surface area contributed by atoms with Gasteiger partial charge in [-0.2, -0.15) is 9.97 Å². The average molecular weight is 516 g/mol. The molecule has 3 aromatic rings. The number of anilines is 2. The lowest BCUT2D eigenvalue weighted by atomic mass is 9.80. The van der Waals surface area contributed by atoms with Gasteiger partial charge in [0, 0.05) is 23.2 Å². The molecule has 1 aromatic carbocycles. The molecule has 3 aliphatic heterocycles. The number of fused-ring (bicyclic) bond motifs is 4. The molecular formula is C25H27ClFN5O4. The summed E-state index contributed by atoms with van der Waals surface area (Å²) in [6.45, 7) is 4.08. The largest absolute Gasteiger partial charge is 0.394 e. The zero-order valence-corrected chi connectivity index (χ0v) is 20.8. The van der Waals surface area contributed by atoms with Crippen LogP contribution < -0.4 is 4.90 Å². The molecule has 11 heteroatoms. The Morgan fingerprint density at radius 3 is 2.72 bits per heavy atom. The molecule has 0 amide bonds. The smallest absolute Gasteiger partial charge is 0.226 e. The molecule has 2 saturated heterocycles. The minimum atomic E-state index is -0.808. The van der Waals surface area contributed by atoms with Crippen LogP contribution in [0.15, 0.2) is 24.5 Å². The van der Waals surface area contributed by atoms with Crippen LogP contribution in [-0.4, -0.2) is 61.9 Å². The Bertz CT molecular complexity index is 1360. The zero-order chi connectivity index (χ0) is 24.8. The van der Waals surface area contributed by atoms with Crippen molar-refractivity contribution < 1.29 is 23.7 Å². The summed E-state index contributed by atoms with van der Waals surface area (Å²) in [6, 6.07) is 5.21. The minimum absolute atomic E-state index is 0.0572. The van der Waals surface area contributed by atoms with Crippen molar-refractivity contribution >= 4 is 34.3 Å². The van der Waals surface area contributed by atoms with E-state index in [4.69, 9.17) is 25.8 Å². The number of ether oxygens (including phenoxy) is 3. The molecule has 36 heavy (non-hydrogen) atoms. The summed E-state index contributed by atoms with van der Waals surface area (Å²) in [7, 11) is 0. The van der Waals surface area contributed by atoms with Crippen LogP contribution in [0.25, 0.3) is 11.2 Å². The van der Waals surface area contributed by atoms with Crippen LogP contribution in [0, 0.1) is 5.82 Å². The number of rotatable bonds is 3. The second kappa shape index (κ2) is 7.82. The van der Waals surface area contributed by atoms with Crippen molar-refractivity contribution in [2.75, 3.05) is 18.1 Å². The van der Waals surface area contributed by atoms with Gasteiger partial charge >= 0.3 is 0 Å². The van der Waals surface area contributed by atoms with Crippen LogP contribution in [0.1, 0.15) is 51.3 Å². The lowest BCUT2D eigenvalue weighted by Gasteiger charge is -2.25. The first-order valence-corrected chi connectivity index (χ1v) is 12.8. The van der Waals surface area contributed by atoms with E-state index in [1.54, 1.807) is 17.0 Å². The Balaban J connectivity index is 1.34. The van der Waals surface area contributed by atoms with Crippen LogP contribution >= 0.6 is 11.6 Å². The second-order valence-corrected chi connectivity index (χ2v) is 11.0. The van der Waals surface area contributed by atoms with E-state index in [9.17, 15) is 5.11 Å². The van der Waals surface area contributed by atoms with Crippen LogP contribution in [0.4, 0.5) is 15.9 Å². The van der Waals surface area contributed by atoms with Gasteiger partial charge in [-0.3, -0.25) is 4.57 Å². The fraction of sp³-hybridized carbons (Fsp3) is 0.560. The molecule has 4 aliphatic rings. The highest BCUT2D eigenvalue weighted by Gasteiger charge is 2.56. The number of hydrogen-bond donors (Lipinski definition) is 1. The van der Waals surface area contributed by atoms with Gasteiger partial charge in [-0.1, -0.05) is 18.9 Å². The number of halogens is 2. The number of benzene rings is 1. The van der Waals surface area contributed by atoms with Crippen LogP contribution in [0.5, 0.6) is 0 Å². The molecule has 3 fully saturated rings. The topological polar surface area (TPSA) is 94.8 Å². The van der Waals surface area contributed by atoms with Crippen molar-refractivity contribution in [3.05, 3.63) is 41.2 Å². The summed E-state index contributed by atoms with van der Waals surface area (Å²) in [5.74, 6) is -0.449. The standard InChI is InChI=1S/C25H27ClFN5O4/c1-24(2)35-18-15(10-33)34-22(19(18)36-24)32-12-28-17-20(29-23(26)30-21(17)32)31-11-25(8-3-4-9-25)16-13(27)6-5-7-14(16)31/h5-7,12,15,18-19,22,33H,3-4,8-11H2,1-2H3/t15-,18?,19+,22-/m1/s1. The van der Waals surface area contributed by atoms with E-state index in [1.807, 2.05) is 24.8 Å². The predicted molar refractivity (Wildman–Crippen MR) is 129 cm³/mol. The molecule has 5 heterocycles. The van der Waals surface area contributed by atoms with Gasteiger partial charge in [0.1, 0.15) is 24.1 Å². The van der Waals surface area contributed by atoms with E-state index >= 15 is 4.39 Å². The summed E-state index contributed by atoms with van der Waals surface area (Å²) in [5.41, 5.74) is 2.33. The van der Waals surface area contributed by atoms with Crippen LogP contribution in [0.3, 0.4) is 0 Å². The van der Waals surface area contributed by atoms with Crippen LogP contribution in [0.2, 0.25) is 5.28 Å². The summed E-state index contributed by atoms with van der Waals surface area (Å²) in [6.07, 6.45) is 3.57. The third-order valence-electron chi connectivity index (χ3n) is 8.04. The zero-order valence-electron chi connectivity index (χ0n) is 20.0. The quantitative estimate of drug-likeness (QED) is 0.523. The van der Waals surface area contributed by atoms with E-state index in [-0.39, 0.29) is 23.1 Å². The Morgan fingerprint density at radius 2 is 1.94 bits per heavy atom. The molecular weight excluding hydrogens is 489 g/mol. The molecule has 1 unspecified atom stereocenters. The second-order valence-electron chi connectivity index (χ2n) is 10.7. The van der Waals surface area contributed by atoms with Crippen molar-refractivity contribution in [2.24, 2.45) is 0 Å². The maximum atomic E-state index is 15.2. The molecule has 1 spiro atoms.